The molecule has 0 aliphatic rings. The van der Waals surface area contributed by atoms with Crippen molar-refractivity contribution in [1.29, 1.82) is 0 Å². The maximum Gasteiger partial charge on any atom is 0.0514 e. The molecule has 0 aliphatic heterocycles. The van der Waals surface area contributed by atoms with E-state index in [-0.39, 0.29) is 5.41 Å². The number of aromatic nitrogens is 1. The van der Waals surface area contributed by atoms with Gasteiger partial charge in [-0.1, -0.05) is 50.0 Å². The number of aromatic amines is 1. The lowest BCUT2D eigenvalue weighted by Gasteiger charge is -2.19. The molecule has 3 rings (SSSR count). The summed E-state index contributed by atoms with van der Waals surface area (Å²) < 4.78 is 0. The zero-order chi connectivity index (χ0) is 18.9. The standard InChI is InChI=1S/C22H26Cl2N2/c1-22(2,3)14-7-10-20-18(12-14)16(6-4-5-11-25)21(26-20)17-9-8-15(23)13-19(17)24/h7-10,12-13,26H,4-6,11,25H2,1-3H3. The molecule has 1 heterocycles. The molecule has 3 N–H and O–H groups in total. The van der Waals surface area contributed by atoms with Crippen molar-refractivity contribution in [3.05, 3.63) is 57.6 Å². The SMILES string of the molecule is CC(C)(C)c1ccc2[nH]c(-c3ccc(Cl)cc3Cl)c(CCCCN)c2c1. The first-order valence-electron chi connectivity index (χ1n) is 9.12. The Morgan fingerprint density at radius 3 is 2.42 bits per heavy atom. The van der Waals surface area contributed by atoms with Crippen LogP contribution in [0.5, 0.6) is 0 Å². The molecule has 138 valence electrons. The average Bonchev–Trinajstić information content (AvgIpc) is 2.92. The van der Waals surface area contributed by atoms with E-state index in [9.17, 15) is 0 Å². The molecule has 0 spiro atoms. The van der Waals surface area contributed by atoms with Gasteiger partial charge in [0, 0.05) is 21.5 Å². The van der Waals surface area contributed by atoms with Crippen molar-refractivity contribution in [2.24, 2.45) is 5.73 Å². The Kier molecular flexibility index (Phi) is 5.67. The highest BCUT2D eigenvalue weighted by atomic mass is 35.5. The fourth-order valence-electron chi connectivity index (χ4n) is 3.34. The normalized spacial score (nSPS) is 12.1. The number of H-pyrrole nitrogens is 1. The lowest BCUT2D eigenvalue weighted by molar-refractivity contribution is 0.591. The number of halogens is 2. The van der Waals surface area contributed by atoms with Crippen LogP contribution in [0.3, 0.4) is 0 Å². The van der Waals surface area contributed by atoms with E-state index >= 15 is 0 Å². The van der Waals surface area contributed by atoms with E-state index in [0.717, 1.165) is 36.0 Å². The van der Waals surface area contributed by atoms with Gasteiger partial charge in [0.05, 0.1) is 10.7 Å². The number of aryl methyl sites for hydroxylation is 1. The molecule has 0 atom stereocenters. The summed E-state index contributed by atoms with van der Waals surface area (Å²) in [7, 11) is 0. The van der Waals surface area contributed by atoms with Crippen LogP contribution in [0.4, 0.5) is 0 Å². The van der Waals surface area contributed by atoms with Gasteiger partial charge in [0.1, 0.15) is 0 Å². The number of rotatable bonds is 5. The first-order valence-corrected chi connectivity index (χ1v) is 9.87. The molecule has 0 unspecified atom stereocenters. The highest BCUT2D eigenvalue weighted by Gasteiger charge is 2.19. The number of hydrogen-bond donors (Lipinski definition) is 2. The third-order valence-electron chi connectivity index (χ3n) is 4.85. The molecule has 2 nitrogen and oxygen atoms in total. The molecule has 0 amide bonds. The first-order chi connectivity index (χ1) is 12.3. The Morgan fingerprint density at radius 1 is 1.00 bits per heavy atom. The fourth-order valence-corrected chi connectivity index (χ4v) is 3.85. The zero-order valence-corrected chi connectivity index (χ0v) is 17.1. The van der Waals surface area contributed by atoms with Crippen molar-refractivity contribution in [3.8, 4) is 11.3 Å². The van der Waals surface area contributed by atoms with Crippen molar-refractivity contribution in [3.63, 3.8) is 0 Å². The summed E-state index contributed by atoms with van der Waals surface area (Å²) in [6, 6.07) is 12.4. The molecule has 4 heteroatoms. The molecule has 0 saturated carbocycles. The van der Waals surface area contributed by atoms with E-state index in [1.165, 1.54) is 16.5 Å². The van der Waals surface area contributed by atoms with Crippen molar-refractivity contribution < 1.29 is 0 Å². The quantitative estimate of drug-likeness (QED) is 0.467. The predicted molar refractivity (Wildman–Crippen MR) is 114 cm³/mol. The number of unbranched alkanes of at least 4 members (excludes halogenated alkanes) is 1. The van der Waals surface area contributed by atoms with E-state index in [1.54, 1.807) is 6.07 Å². The van der Waals surface area contributed by atoms with Crippen LogP contribution in [0.15, 0.2) is 36.4 Å². The van der Waals surface area contributed by atoms with Gasteiger partial charge in [0.15, 0.2) is 0 Å². The number of benzene rings is 2. The van der Waals surface area contributed by atoms with Crippen LogP contribution >= 0.6 is 23.2 Å². The van der Waals surface area contributed by atoms with Crippen molar-refractivity contribution >= 4 is 34.1 Å². The van der Waals surface area contributed by atoms with Gasteiger partial charge in [-0.2, -0.15) is 0 Å². The molecule has 0 saturated heterocycles. The Morgan fingerprint density at radius 2 is 1.77 bits per heavy atom. The second-order valence-corrected chi connectivity index (χ2v) is 8.70. The topological polar surface area (TPSA) is 41.8 Å². The highest BCUT2D eigenvalue weighted by Crippen LogP contribution is 2.38. The molecule has 0 aliphatic carbocycles. The Balaban J connectivity index is 2.19. The van der Waals surface area contributed by atoms with E-state index in [0.29, 0.717) is 16.6 Å². The van der Waals surface area contributed by atoms with E-state index in [2.05, 4.69) is 44.0 Å². The van der Waals surface area contributed by atoms with Gasteiger partial charge in [-0.15, -0.1) is 0 Å². The van der Waals surface area contributed by atoms with E-state index in [1.807, 2.05) is 12.1 Å². The third kappa shape index (κ3) is 3.93. The van der Waals surface area contributed by atoms with Crippen LogP contribution < -0.4 is 5.73 Å². The van der Waals surface area contributed by atoms with E-state index in [4.69, 9.17) is 28.9 Å². The van der Waals surface area contributed by atoms with Gasteiger partial charge >= 0.3 is 0 Å². The second-order valence-electron chi connectivity index (χ2n) is 7.86. The highest BCUT2D eigenvalue weighted by molar-refractivity contribution is 6.36. The van der Waals surface area contributed by atoms with E-state index < -0.39 is 0 Å². The van der Waals surface area contributed by atoms with Crippen LogP contribution in [-0.4, -0.2) is 11.5 Å². The maximum absolute atomic E-state index is 6.50. The van der Waals surface area contributed by atoms with Crippen LogP contribution in [0, 0.1) is 0 Å². The first kappa shape index (κ1) is 19.3. The molecule has 26 heavy (non-hydrogen) atoms. The van der Waals surface area contributed by atoms with Crippen LogP contribution in [0.1, 0.15) is 44.7 Å². The lowest BCUT2D eigenvalue weighted by atomic mass is 9.86. The maximum atomic E-state index is 6.50. The molecule has 1 aromatic heterocycles. The monoisotopic (exact) mass is 388 g/mol. The molecule has 0 fully saturated rings. The summed E-state index contributed by atoms with van der Waals surface area (Å²) in [6.45, 7) is 7.44. The summed E-state index contributed by atoms with van der Waals surface area (Å²) in [5, 5.41) is 2.59. The smallest absolute Gasteiger partial charge is 0.0514 e. The van der Waals surface area contributed by atoms with Crippen LogP contribution in [0.2, 0.25) is 10.0 Å². The summed E-state index contributed by atoms with van der Waals surface area (Å²) in [5.41, 5.74) is 11.7. The molecule has 0 bridgehead atoms. The number of nitrogens with two attached hydrogens (primary N) is 1. The summed E-state index contributed by atoms with van der Waals surface area (Å²) in [4.78, 5) is 3.59. The third-order valence-corrected chi connectivity index (χ3v) is 5.40. The minimum absolute atomic E-state index is 0.109. The lowest BCUT2D eigenvalue weighted by Crippen LogP contribution is -2.10. The minimum atomic E-state index is 0.109. The minimum Gasteiger partial charge on any atom is -0.354 e. The van der Waals surface area contributed by atoms with Crippen molar-refractivity contribution in [1.82, 2.24) is 4.98 Å². The van der Waals surface area contributed by atoms with Gasteiger partial charge < -0.3 is 10.7 Å². The summed E-state index contributed by atoms with van der Waals surface area (Å²) in [6.07, 6.45) is 3.04. The van der Waals surface area contributed by atoms with Crippen LogP contribution in [0.25, 0.3) is 22.2 Å². The molecular formula is C22H26Cl2N2. The number of hydrogen-bond acceptors (Lipinski definition) is 1. The Hall–Kier alpha value is -1.48. The second kappa shape index (κ2) is 7.64. The van der Waals surface area contributed by atoms with Gasteiger partial charge in [-0.25, -0.2) is 0 Å². The van der Waals surface area contributed by atoms with Crippen molar-refractivity contribution in [2.45, 2.75) is 45.4 Å². The molecule has 0 radical (unpaired) electrons. The van der Waals surface area contributed by atoms with Gasteiger partial charge in [-0.3, -0.25) is 0 Å². The van der Waals surface area contributed by atoms with Crippen molar-refractivity contribution in [2.75, 3.05) is 6.54 Å². The fraction of sp³-hybridized carbons (Fsp3) is 0.364. The predicted octanol–water partition coefficient (Wildman–Crippen LogP) is 6.72. The van der Waals surface area contributed by atoms with Gasteiger partial charge in [0.2, 0.25) is 0 Å². The summed E-state index contributed by atoms with van der Waals surface area (Å²) in [5.74, 6) is 0. The number of fused-ring (bicyclic) bond motifs is 1. The van der Waals surface area contributed by atoms with Gasteiger partial charge in [0.25, 0.3) is 0 Å². The number of nitrogens with one attached hydrogen (secondary N) is 1. The molecule has 2 aromatic carbocycles. The van der Waals surface area contributed by atoms with Gasteiger partial charge in [-0.05, 0) is 72.7 Å². The largest absolute Gasteiger partial charge is 0.354 e. The Bertz CT molecular complexity index is 920. The zero-order valence-electron chi connectivity index (χ0n) is 15.6. The molecule has 3 aromatic rings. The Labute approximate surface area is 165 Å². The van der Waals surface area contributed by atoms with Crippen LogP contribution in [-0.2, 0) is 11.8 Å². The molecular weight excluding hydrogens is 363 g/mol. The average molecular weight is 389 g/mol. The summed E-state index contributed by atoms with van der Waals surface area (Å²) >= 11 is 12.6.